The van der Waals surface area contributed by atoms with E-state index >= 15 is 0 Å². The molecule has 0 aliphatic heterocycles. The number of hydrogen-bond acceptors (Lipinski definition) is 1. The van der Waals surface area contributed by atoms with Crippen LogP contribution in [0.4, 0.5) is 4.39 Å². The second-order valence-corrected chi connectivity index (χ2v) is 1.80. The standard InChI is InChI=1S/C5H8FN/c1-7-5-2-4(6)3-5/h4H,2-3H2,1H3. The van der Waals surface area contributed by atoms with Gasteiger partial charge in [-0.2, -0.15) is 0 Å². The van der Waals surface area contributed by atoms with E-state index in [1.807, 2.05) is 0 Å². The number of alkyl halides is 1. The van der Waals surface area contributed by atoms with Crippen molar-refractivity contribution in [3.8, 4) is 0 Å². The van der Waals surface area contributed by atoms with Gasteiger partial charge < -0.3 is 0 Å². The lowest BCUT2D eigenvalue weighted by atomic mass is 9.95. The third-order valence-corrected chi connectivity index (χ3v) is 1.23. The van der Waals surface area contributed by atoms with E-state index < -0.39 is 6.17 Å². The Morgan fingerprint density at radius 2 is 2.29 bits per heavy atom. The summed E-state index contributed by atoms with van der Waals surface area (Å²) >= 11 is 0. The minimum atomic E-state index is -0.585. The minimum Gasteiger partial charge on any atom is -0.297 e. The summed E-state index contributed by atoms with van der Waals surface area (Å²) in [6, 6.07) is 0. The molecule has 0 spiro atoms. The Morgan fingerprint density at radius 3 is 2.43 bits per heavy atom. The van der Waals surface area contributed by atoms with Gasteiger partial charge in [0.05, 0.1) is 0 Å². The van der Waals surface area contributed by atoms with E-state index in [-0.39, 0.29) is 0 Å². The highest BCUT2D eigenvalue weighted by atomic mass is 19.1. The SMILES string of the molecule is CN=C1CC(F)C1. The molecule has 1 aliphatic rings. The molecule has 2 heteroatoms. The average molecular weight is 101 g/mol. The molecule has 1 fully saturated rings. The molecular formula is C5H8FN. The van der Waals surface area contributed by atoms with E-state index in [0.717, 1.165) is 5.71 Å². The summed E-state index contributed by atoms with van der Waals surface area (Å²) in [5, 5.41) is 0. The molecule has 40 valence electrons. The smallest absolute Gasteiger partial charge is 0.110 e. The molecule has 0 atom stereocenters. The highest BCUT2D eigenvalue weighted by molar-refractivity contribution is 5.90. The molecule has 0 heterocycles. The lowest BCUT2D eigenvalue weighted by molar-refractivity contribution is 0.316. The summed E-state index contributed by atoms with van der Waals surface area (Å²) < 4.78 is 11.9. The maximum Gasteiger partial charge on any atom is 0.110 e. The van der Waals surface area contributed by atoms with E-state index in [2.05, 4.69) is 4.99 Å². The molecule has 7 heavy (non-hydrogen) atoms. The molecule has 1 rings (SSSR count). The van der Waals surface area contributed by atoms with Gasteiger partial charge in [-0.15, -0.1) is 0 Å². The van der Waals surface area contributed by atoms with Gasteiger partial charge in [0.25, 0.3) is 0 Å². The summed E-state index contributed by atoms with van der Waals surface area (Å²) in [7, 11) is 1.71. The van der Waals surface area contributed by atoms with Gasteiger partial charge in [-0.3, -0.25) is 4.99 Å². The Balaban J connectivity index is 2.30. The third kappa shape index (κ3) is 0.787. The zero-order chi connectivity index (χ0) is 5.28. The van der Waals surface area contributed by atoms with Gasteiger partial charge in [0, 0.05) is 25.6 Å². The first kappa shape index (κ1) is 4.75. The molecule has 0 aromatic carbocycles. The molecule has 0 unspecified atom stereocenters. The van der Waals surface area contributed by atoms with Crippen molar-refractivity contribution in [3.63, 3.8) is 0 Å². The first-order chi connectivity index (χ1) is 3.33. The van der Waals surface area contributed by atoms with E-state index in [1.165, 1.54) is 0 Å². The van der Waals surface area contributed by atoms with Crippen LogP contribution in [0.3, 0.4) is 0 Å². The monoisotopic (exact) mass is 101 g/mol. The fourth-order valence-corrected chi connectivity index (χ4v) is 0.634. The first-order valence-electron chi connectivity index (χ1n) is 2.41. The number of nitrogens with zero attached hydrogens (tertiary/aromatic N) is 1. The molecule has 1 saturated carbocycles. The van der Waals surface area contributed by atoms with Crippen LogP contribution in [0.5, 0.6) is 0 Å². The van der Waals surface area contributed by atoms with Crippen molar-refractivity contribution in [2.24, 2.45) is 4.99 Å². The molecule has 0 saturated heterocycles. The summed E-state index contributed by atoms with van der Waals surface area (Å²) in [6.45, 7) is 0. The lowest BCUT2D eigenvalue weighted by Gasteiger charge is -2.18. The van der Waals surface area contributed by atoms with E-state index in [1.54, 1.807) is 7.05 Å². The Morgan fingerprint density at radius 1 is 1.71 bits per heavy atom. The normalized spacial score (nSPS) is 29.4. The Bertz CT molecular complexity index is 90.3. The summed E-state index contributed by atoms with van der Waals surface area (Å²) in [4.78, 5) is 3.82. The van der Waals surface area contributed by atoms with Crippen LogP contribution in [0, 0.1) is 0 Å². The fourth-order valence-electron chi connectivity index (χ4n) is 0.634. The van der Waals surface area contributed by atoms with Crippen LogP contribution in [-0.4, -0.2) is 18.9 Å². The Labute approximate surface area is 42.3 Å². The van der Waals surface area contributed by atoms with Crippen LogP contribution >= 0.6 is 0 Å². The highest BCUT2D eigenvalue weighted by Gasteiger charge is 2.22. The molecule has 0 N–H and O–H groups in total. The van der Waals surface area contributed by atoms with E-state index in [0.29, 0.717) is 12.8 Å². The predicted molar refractivity (Wildman–Crippen MR) is 27.5 cm³/mol. The summed E-state index contributed by atoms with van der Waals surface area (Å²) in [6.07, 6.45) is 0.575. The van der Waals surface area contributed by atoms with Gasteiger partial charge in [0.1, 0.15) is 6.17 Å². The zero-order valence-electron chi connectivity index (χ0n) is 4.32. The van der Waals surface area contributed by atoms with Crippen molar-refractivity contribution in [2.45, 2.75) is 19.0 Å². The Hall–Kier alpha value is -0.400. The minimum absolute atomic E-state index is 0.580. The second-order valence-electron chi connectivity index (χ2n) is 1.80. The van der Waals surface area contributed by atoms with Gasteiger partial charge in [0.15, 0.2) is 0 Å². The molecular weight excluding hydrogens is 93.1 g/mol. The molecule has 0 aromatic rings. The number of halogens is 1. The van der Waals surface area contributed by atoms with Crippen LogP contribution in [0.15, 0.2) is 4.99 Å². The van der Waals surface area contributed by atoms with Gasteiger partial charge in [0.2, 0.25) is 0 Å². The molecule has 0 aromatic heterocycles. The summed E-state index contributed by atoms with van der Waals surface area (Å²) in [5.41, 5.74) is 1.02. The molecule has 0 bridgehead atoms. The maximum absolute atomic E-state index is 11.9. The van der Waals surface area contributed by atoms with Gasteiger partial charge in [-0.1, -0.05) is 0 Å². The topological polar surface area (TPSA) is 12.4 Å². The quantitative estimate of drug-likeness (QED) is 0.434. The van der Waals surface area contributed by atoms with Gasteiger partial charge in [-0.25, -0.2) is 4.39 Å². The largest absolute Gasteiger partial charge is 0.297 e. The van der Waals surface area contributed by atoms with Crippen LogP contribution in [0.25, 0.3) is 0 Å². The average Bonchev–Trinajstić information content (AvgIpc) is 1.58. The third-order valence-electron chi connectivity index (χ3n) is 1.23. The van der Waals surface area contributed by atoms with Crippen molar-refractivity contribution >= 4 is 5.71 Å². The molecule has 0 amide bonds. The summed E-state index contributed by atoms with van der Waals surface area (Å²) in [5.74, 6) is 0. The van der Waals surface area contributed by atoms with Crippen molar-refractivity contribution in [1.82, 2.24) is 0 Å². The highest BCUT2D eigenvalue weighted by Crippen LogP contribution is 2.18. The number of rotatable bonds is 0. The Kier molecular flexibility index (Phi) is 1.09. The molecule has 1 aliphatic carbocycles. The van der Waals surface area contributed by atoms with Crippen molar-refractivity contribution in [2.75, 3.05) is 7.05 Å². The number of aliphatic imine (C=N–C) groups is 1. The van der Waals surface area contributed by atoms with Crippen LogP contribution in [0.2, 0.25) is 0 Å². The van der Waals surface area contributed by atoms with Crippen LogP contribution in [0.1, 0.15) is 12.8 Å². The molecule has 0 radical (unpaired) electrons. The van der Waals surface area contributed by atoms with Crippen LogP contribution < -0.4 is 0 Å². The van der Waals surface area contributed by atoms with Crippen molar-refractivity contribution in [1.29, 1.82) is 0 Å². The van der Waals surface area contributed by atoms with Crippen molar-refractivity contribution in [3.05, 3.63) is 0 Å². The van der Waals surface area contributed by atoms with E-state index in [4.69, 9.17) is 0 Å². The van der Waals surface area contributed by atoms with Gasteiger partial charge in [-0.05, 0) is 0 Å². The molecule has 1 nitrogen and oxygen atoms in total. The maximum atomic E-state index is 11.9. The first-order valence-corrected chi connectivity index (χ1v) is 2.41. The van der Waals surface area contributed by atoms with Crippen molar-refractivity contribution < 1.29 is 4.39 Å². The zero-order valence-corrected chi connectivity index (χ0v) is 4.32. The second kappa shape index (κ2) is 1.60. The van der Waals surface area contributed by atoms with E-state index in [9.17, 15) is 4.39 Å². The van der Waals surface area contributed by atoms with Crippen LogP contribution in [-0.2, 0) is 0 Å². The predicted octanol–water partition coefficient (Wildman–Crippen LogP) is 1.19. The number of hydrogen-bond donors (Lipinski definition) is 0. The fraction of sp³-hybridized carbons (Fsp3) is 0.800. The van der Waals surface area contributed by atoms with Gasteiger partial charge >= 0.3 is 0 Å². The lowest BCUT2D eigenvalue weighted by Crippen LogP contribution is -2.24.